The second kappa shape index (κ2) is 7.83. The summed E-state index contributed by atoms with van der Waals surface area (Å²) in [6.45, 7) is 1.52. The molecule has 0 amide bonds. The molecule has 1 aromatic carbocycles. The Morgan fingerprint density at radius 1 is 1.21 bits per heavy atom. The van der Waals surface area contributed by atoms with E-state index in [-0.39, 0.29) is 29.1 Å². The molecule has 0 spiro atoms. The van der Waals surface area contributed by atoms with Crippen molar-refractivity contribution in [1.82, 2.24) is 4.57 Å². The average molecular weight is 399 g/mol. The van der Waals surface area contributed by atoms with Gasteiger partial charge in [0.25, 0.3) is 5.56 Å². The zero-order valence-electron chi connectivity index (χ0n) is 16.5. The minimum Gasteiger partial charge on any atom is -0.507 e. The predicted octanol–water partition coefficient (Wildman–Crippen LogP) is 2.21. The Hall–Kier alpha value is -3.55. The molecule has 0 fully saturated rings. The van der Waals surface area contributed by atoms with Crippen LogP contribution in [0, 0.1) is 6.92 Å². The van der Waals surface area contributed by atoms with Crippen molar-refractivity contribution in [3.63, 3.8) is 0 Å². The first-order valence-electron chi connectivity index (χ1n) is 8.85. The summed E-state index contributed by atoms with van der Waals surface area (Å²) in [7, 11) is 4.32. The van der Waals surface area contributed by atoms with Gasteiger partial charge in [-0.2, -0.15) is 0 Å². The van der Waals surface area contributed by atoms with E-state index in [0.717, 1.165) is 0 Å². The molecule has 0 saturated carbocycles. The number of aryl methyl sites for hydroxylation is 2. The average Bonchev–Trinajstić information content (AvgIpc) is 2.68. The summed E-state index contributed by atoms with van der Waals surface area (Å²) in [6, 6.07) is 8.10. The topological polar surface area (TPSA) is 108 Å². The predicted molar refractivity (Wildman–Crippen MR) is 106 cm³/mol. The monoisotopic (exact) mass is 399 g/mol. The Kier molecular flexibility index (Phi) is 5.45. The van der Waals surface area contributed by atoms with Crippen molar-refractivity contribution in [3.05, 3.63) is 68.0 Å². The van der Waals surface area contributed by atoms with Crippen LogP contribution in [0.3, 0.4) is 0 Å². The Morgan fingerprint density at radius 3 is 2.55 bits per heavy atom. The third kappa shape index (κ3) is 3.73. The number of carbonyl (C=O) groups excluding carboxylic acids is 1. The third-order valence-electron chi connectivity index (χ3n) is 4.87. The van der Waals surface area contributed by atoms with E-state index in [4.69, 9.17) is 13.9 Å². The van der Waals surface area contributed by atoms with Gasteiger partial charge < -0.3 is 23.6 Å². The van der Waals surface area contributed by atoms with Crippen molar-refractivity contribution in [2.24, 2.45) is 7.05 Å². The lowest BCUT2D eigenvalue weighted by Crippen LogP contribution is -2.27. The first-order valence-corrected chi connectivity index (χ1v) is 8.85. The maximum atomic E-state index is 13.1. The normalized spacial score (nSPS) is 12.0. The quantitative estimate of drug-likeness (QED) is 0.655. The standard InChI is InChI=1S/C21H21NO7/c1-11-7-17(23)19(21(26)29-11)14(10-18(24)28-4)15-8-12-5-6-13(27-3)9-16(12)22(2)20(15)25/h5-9,14,23H,10H2,1-4H3. The Bertz CT molecular complexity index is 1210. The minimum absolute atomic E-state index is 0.161. The summed E-state index contributed by atoms with van der Waals surface area (Å²) in [5.74, 6) is -1.21. The molecule has 0 aliphatic heterocycles. The van der Waals surface area contributed by atoms with Gasteiger partial charge in [-0.15, -0.1) is 0 Å². The van der Waals surface area contributed by atoms with E-state index >= 15 is 0 Å². The molecule has 1 N–H and O–H groups in total. The van der Waals surface area contributed by atoms with E-state index in [1.165, 1.54) is 31.8 Å². The molecule has 0 saturated heterocycles. The number of hydrogen-bond donors (Lipinski definition) is 1. The fourth-order valence-electron chi connectivity index (χ4n) is 3.39. The number of ether oxygens (including phenoxy) is 2. The van der Waals surface area contributed by atoms with Gasteiger partial charge in [-0.05, 0) is 30.5 Å². The number of benzene rings is 1. The highest BCUT2D eigenvalue weighted by Gasteiger charge is 2.29. The van der Waals surface area contributed by atoms with E-state index < -0.39 is 23.1 Å². The number of fused-ring (bicyclic) bond motifs is 1. The van der Waals surface area contributed by atoms with Gasteiger partial charge >= 0.3 is 11.6 Å². The van der Waals surface area contributed by atoms with Crippen LogP contribution < -0.4 is 15.9 Å². The molecular weight excluding hydrogens is 378 g/mol. The largest absolute Gasteiger partial charge is 0.507 e. The van der Waals surface area contributed by atoms with Gasteiger partial charge in [-0.3, -0.25) is 9.59 Å². The summed E-state index contributed by atoms with van der Waals surface area (Å²) in [4.78, 5) is 37.6. The number of aromatic nitrogens is 1. The maximum absolute atomic E-state index is 13.1. The van der Waals surface area contributed by atoms with E-state index in [1.807, 2.05) is 0 Å². The Morgan fingerprint density at radius 2 is 1.93 bits per heavy atom. The van der Waals surface area contributed by atoms with E-state index in [0.29, 0.717) is 16.7 Å². The van der Waals surface area contributed by atoms with Crippen molar-refractivity contribution >= 4 is 16.9 Å². The number of pyridine rings is 1. The molecule has 1 atom stereocenters. The molecule has 8 nitrogen and oxygen atoms in total. The summed E-state index contributed by atoms with van der Waals surface area (Å²) >= 11 is 0. The molecular formula is C21H21NO7. The summed E-state index contributed by atoms with van der Waals surface area (Å²) < 4.78 is 16.5. The fraction of sp³-hybridized carbons (Fsp3) is 0.286. The summed E-state index contributed by atoms with van der Waals surface area (Å²) in [5, 5.41) is 11.1. The second-order valence-corrected chi connectivity index (χ2v) is 6.66. The third-order valence-corrected chi connectivity index (χ3v) is 4.87. The van der Waals surface area contributed by atoms with E-state index in [2.05, 4.69) is 0 Å². The Labute approximate surface area is 165 Å². The van der Waals surface area contributed by atoms with Crippen LogP contribution >= 0.6 is 0 Å². The van der Waals surface area contributed by atoms with Crippen LogP contribution in [0.2, 0.25) is 0 Å². The van der Waals surface area contributed by atoms with Crippen LogP contribution in [-0.4, -0.2) is 29.9 Å². The molecule has 2 aromatic heterocycles. The van der Waals surface area contributed by atoms with Crippen LogP contribution in [0.15, 0.2) is 44.3 Å². The van der Waals surface area contributed by atoms with Crippen molar-refractivity contribution in [2.45, 2.75) is 19.3 Å². The van der Waals surface area contributed by atoms with Gasteiger partial charge in [0, 0.05) is 30.7 Å². The number of rotatable bonds is 5. The van der Waals surface area contributed by atoms with Crippen LogP contribution in [0.5, 0.6) is 11.5 Å². The van der Waals surface area contributed by atoms with E-state index in [1.54, 1.807) is 31.3 Å². The van der Waals surface area contributed by atoms with Gasteiger partial charge in [0.05, 0.1) is 31.7 Å². The van der Waals surface area contributed by atoms with Crippen LogP contribution in [0.25, 0.3) is 10.9 Å². The lowest BCUT2D eigenvalue weighted by molar-refractivity contribution is -0.140. The molecule has 29 heavy (non-hydrogen) atoms. The number of esters is 1. The number of nitrogens with zero attached hydrogens (tertiary/aromatic N) is 1. The fourth-order valence-corrected chi connectivity index (χ4v) is 3.39. The van der Waals surface area contributed by atoms with Gasteiger partial charge in [0.1, 0.15) is 17.3 Å². The van der Waals surface area contributed by atoms with Crippen molar-refractivity contribution in [1.29, 1.82) is 0 Å². The van der Waals surface area contributed by atoms with Crippen molar-refractivity contribution in [2.75, 3.05) is 14.2 Å². The zero-order chi connectivity index (χ0) is 21.3. The molecule has 8 heteroatoms. The van der Waals surface area contributed by atoms with Crippen LogP contribution in [-0.2, 0) is 16.6 Å². The highest BCUT2D eigenvalue weighted by atomic mass is 16.5. The summed E-state index contributed by atoms with van der Waals surface area (Å²) in [6.07, 6.45) is -0.311. The van der Waals surface area contributed by atoms with Gasteiger partial charge in [-0.1, -0.05) is 0 Å². The molecule has 152 valence electrons. The van der Waals surface area contributed by atoms with Crippen LogP contribution in [0.1, 0.15) is 29.2 Å². The van der Waals surface area contributed by atoms with Crippen LogP contribution in [0.4, 0.5) is 0 Å². The van der Waals surface area contributed by atoms with Crippen molar-refractivity contribution < 1.29 is 23.8 Å². The molecule has 3 aromatic rings. The maximum Gasteiger partial charge on any atom is 0.343 e. The number of methoxy groups -OCH3 is 2. The van der Waals surface area contributed by atoms with E-state index in [9.17, 15) is 19.5 Å². The second-order valence-electron chi connectivity index (χ2n) is 6.66. The van der Waals surface area contributed by atoms with Gasteiger partial charge in [-0.25, -0.2) is 4.79 Å². The zero-order valence-corrected chi connectivity index (χ0v) is 16.5. The molecule has 0 aliphatic carbocycles. The lowest BCUT2D eigenvalue weighted by Gasteiger charge is -2.18. The number of carbonyl (C=O) groups is 1. The molecule has 0 bridgehead atoms. The lowest BCUT2D eigenvalue weighted by atomic mass is 9.88. The SMILES string of the molecule is COC(=O)CC(c1c(O)cc(C)oc1=O)c1cc2ccc(OC)cc2n(C)c1=O. The number of hydrogen-bond acceptors (Lipinski definition) is 7. The Balaban J connectivity index is 2.31. The minimum atomic E-state index is -1.04. The highest BCUT2D eigenvalue weighted by Crippen LogP contribution is 2.32. The molecule has 0 radical (unpaired) electrons. The van der Waals surface area contributed by atoms with Gasteiger partial charge in [0.15, 0.2) is 0 Å². The van der Waals surface area contributed by atoms with Gasteiger partial charge in [0.2, 0.25) is 0 Å². The number of aromatic hydroxyl groups is 1. The molecule has 2 heterocycles. The summed E-state index contributed by atoms with van der Waals surface area (Å²) in [5.41, 5.74) is -0.602. The highest BCUT2D eigenvalue weighted by molar-refractivity contribution is 5.82. The molecule has 3 rings (SSSR count). The molecule has 1 unspecified atom stereocenters. The smallest absolute Gasteiger partial charge is 0.343 e. The first kappa shape index (κ1) is 20.2. The van der Waals surface area contributed by atoms with Crippen molar-refractivity contribution in [3.8, 4) is 11.5 Å². The molecule has 0 aliphatic rings. The first-order chi connectivity index (χ1) is 13.8.